The Bertz CT molecular complexity index is 464. The van der Waals surface area contributed by atoms with Gasteiger partial charge in [-0.1, -0.05) is 13.8 Å². The van der Waals surface area contributed by atoms with E-state index in [1.54, 1.807) is 0 Å². The van der Waals surface area contributed by atoms with Crippen molar-refractivity contribution in [1.82, 2.24) is 14.8 Å². The van der Waals surface area contributed by atoms with Crippen LogP contribution in [0.2, 0.25) is 0 Å². The summed E-state index contributed by atoms with van der Waals surface area (Å²) < 4.78 is 2.15. The highest BCUT2D eigenvalue weighted by Gasteiger charge is 2.45. The molecule has 1 N–H and O–H groups in total. The number of aliphatic imine (C=N–C) groups is 1. The molecule has 1 unspecified atom stereocenters. The van der Waals surface area contributed by atoms with Crippen LogP contribution in [0.25, 0.3) is 0 Å². The number of aryl methyl sites for hydroxylation is 1. The summed E-state index contributed by atoms with van der Waals surface area (Å²) in [6, 6.07) is 4.22. The van der Waals surface area contributed by atoms with E-state index in [2.05, 4.69) is 66.0 Å². The van der Waals surface area contributed by atoms with Crippen molar-refractivity contribution in [3.8, 4) is 0 Å². The number of hydrogen-bond donors (Lipinski definition) is 1. The predicted molar refractivity (Wildman–Crippen MR) is 95.5 cm³/mol. The molecule has 0 bridgehead atoms. The molecule has 1 aromatic heterocycles. The maximum absolute atomic E-state index is 4.37. The summed E-state index contributed by atoms with van der Waals surface area (Å²) in [6.45, 7) is 6.56. The van der Waals surface area contributed by atoms with Crippen molar-refractivity contribution in [2.45, 2.75) is 26.8 Å². The second kappa shape index (κ2) is 6.83. The molecule has 4 nitrogen and oxygen atoms in total. The molecule has 0 spiro atoms. The fourth-order valence-electron chi connectivity index (χ4n) is 2.50. The molecule has 0 amide bonds. The average Bonchev–Trinajstić information content (AvgIpc) is 2.75. The lowest BCUT2D eigenvalue weighted by Crippen LogP contribution is -2.40. The molecular weight excluding hydrogens is 363 g/mol. The average molecular weight is 390 g/mol. The van der Waals surface area contributed by atoms with E-state index in [0.717, 1.165) is 25.0 Å². The van der Waals surface area contributed by atoms with E-state index in [9.17, 15) is 0 Å². The molecule has 5 heteroatoms. The molecule has 1 saturated carbocycles. The molecule has 1 aliphatic carbocycles. The fraction of sp³-hybridized carbons (Fsp3) is 0.667. The summed E-state index contributed by atoms with van der Waals surface area (Å²) in [5.74, 6) is 1.76. The monoisotopic (exact) mass is 390 g/mol. The minimum atomic E-state index is 0. The maximum Gasteiger partial charge on any atom is 0.193 e. The Hall–Kier alpha value is -0.720. The van der Waals surface area contributed by atoms with Crippen LogP contribution in [-0.4, -0.2) is 36.1 Å². The van der Waals surface area contributed by atoms with Crippen LogP contribution in [0.3, 0.4) is 0 Å². The quantitative estimate of drug-likeness (QED) is 0.487. The highest BCUT2D eigenvalue weighted by Crippen LogP contribution is 2.50. The maximum atomic E-state index is 4.37. The van der Waals surface area contributed by atoms with Crippen molar-refractivity contribution in [1.29, 1.82) is 0 Å². The zero-order chi connectivity index (χ0) is 14.0. The predicted octanol–water partition coefficient (Wildman–Crippen LogP) is 2.70. The smallest absolute Gasteiger partial charge is 0.193 e. The molecule has 20 heavy (non-hydrogen) atoms. The van der Waals surface area contributed by atoms with E-state index in [1.165, 1.54) is 12.1 Å². The van der Waals surface area contributed by atoms with Gasteiger partial charge in [-0.15, -0.1) is 24.0 Å². The molecule has 0 aromatic carbocycles. The SMILES string of the molecule is CN=C(NCC1CC1(C)C)N(C)Cc1cccn1C.I. The number of nitrogens with zero attached hydrogens (tertiary/aromatic N) is 3. The van der Waals surface area contributed by atoms with Gasteiger partial charge in [0.05, 0.1) is 6.54 Å². The first-order valence-corrected chi connectivity index (χ1v) is 6.96. The second-order valence-corrected chi connectivity index (χ2v) is 6.28. The van der Waals surface area contributed by atoms with E-state index in [-0.39, 0.29) is 24.0 Å². The molecule has 1 aliphatic rings. The van der Waals surface area contributed by atoms with E-state index in [1.807, 2.05) is 7.05 Å². The number of nitrogens with one attached hydrogen (secondary N) is 1. The van der Waals surface area contributed by atoms with Crippen molar-refractivity contribution in [2.75, 3.05) is 20.6 Å². The van der Waals surface area contributed by atoms with Crippen molar-refractivity contribution < 1.29 is 0 Å². The first-order valence-electron chi connectivity index (χ1n) is 6.96. The van der Waals surface area contributed by atoms with Gasteiger partial charge < -0.3 is 14.8 Å². The Labute approximate surface area is 139 Å². The Morgan fingerprint density at radius 2 is 2.20 bits per heavy atom. The second-order valence-electron chi connectivity index (χ2n) is 6.28. The van der Waals surface area contributed by atoms with Crippen LogP contribution in [0.1, 0.15) is 26.0 Å². The Kier molecular flexibility index (Phi) is 5.91. The first kappa shape index (κ1) is 17.3. The van der Waals surface area contributed by atoms with Gasteiger partial charge in [0.2, 0.25) is 0 Å². The van der Waals surface area contributed by atoms with Crippen LogP contribution >= 0.6 is 24.0 Å². The third kappa shape index (κ3) is 4.14. The largest absolute Gasteiger partial charge is 0.356 e. The van der Waals surface area contributed by atoms with Crippen LogP contribution < -0.4 is 5.32 Å². The highest BCUT2D eigenvalue weighted by molar-refractivity contribution is 14.0. The lowest BCUT2D eigenvalue weighted by molar-refractivity contribution is 0.454. The van der Waals surface area contributed by atoms with E-state index >= 15 is 0 Å². The Balaban J connectivity index is 0.00000200. The van der Waals surface area contributed by atoms with Gasteiger partial charge in [-0.05, 0) is 29.9 Å². The molecule has 1 aromatic rings. The lowest BCUT2D eigenvalue weighted by Gasteiger charge is -2.22. The first-order chi connectivity index (χ1) is 8.94. The van der Waals surface area contributed by atoms with Gasteiger partial charge in [0.25, 0.3) is 0 Å². The highest BCUT2D eigenvalue weighted by atomic mass is 127. The molecule has 2 rings (SSSR count). The topological polar surface area (TPSA) is 32.6 Å². The molecule has 0 radical (unpaired) electrons. The van der Waals surface area contributed by atoms with Crippen LogP contribution in [0, 0.1) is 11.3 Å². The zero-order valence-corrected chi connectivity index (χ0v) is 15.5. The summed E-state index contributed by atoms with van der Waals surface area (Å²) >= 11 is 0. The van der Waals surface area contributed by atoms with Gasteiger partial charge >= 0.3 is 0 Å². The van der Waals surface area contributed by atoms with E-state index < -0.39 is 0 Å². The summed E-state index contributed by atoms with van der Waals surface area (Å²) in [5.41, 5.74) is 1.81. The van der Waals surface area contributed by atoms with Crippen LogP contribution in [-0.2, 0) is 13.6 Å². The van der Waals surface area contributed by atoms with Crippen LogP contribution in [0.5, 0.6) is 0 Å². The van der Waals surface area contributed by atoms with Crippen molar-refractivity contribution in [3.63, 3.8) is 0 Å². The minimum Gasteiger partial charge on any atom is -0.356 e. The zero-order valence-electron chi connectivity index (χ0n) is 13.2. The number of aromatic nitrogens is 1. The van der Waals surface area contributed by atoms with Crippen molar-refractivity contribution in [2.24, 2.45) is 23.4 Å². The number of rotatable bonds is 4. The van der Waals surface area contributed by atoms with Crippen molar-refractivity contribution in [3.05, 3.63) is 24.0 Å². The number of guanidine groups is 1. The normalized spacial score (nSPS) is 20.2. The minimum absolute atomic E-state index is 0. The number of halogens is 1. The molecule has 1 heterocycles. The lowest BCUT2D eigenvalue weighted by atomic mass is 10.1. The summed E-state index contributed by atoms with van der Waals surface area (Å²) in [4.78, 5) is 6.54. The molecule has 114 valence electrons. The summed E-state index contributed by atoms with van der Waals surface area (Å²) in [6.07, 6.45) is 3.39. The van der Waals surface area contributed by atoms with Gasteiger partial charge in [-0.3, -0.25) is 4.99 Å². The van der Waals surface area contributed by atoms with E-state index in [0.29, 0.717) is 5.41 Å². The Morgan fingerprint density at radius 3 is 2.65 bits per heavy atom. The van der Waals surface area contributed by atoms with Gasteiger partial charge in [-0.25, -0.2) is 0 Å². The molecule has 0 aliphatic heterocycles. The molecular formula is C15H27IN4. The third-order valence-corrected chi connectivity index (χ3v) is 4.25. The third-order valence-electron chi connectivity index (χ3n) is 4.25. The van der Waals surface area contributed by atoms with Crippen LogP contribution in [0.4, 0.5) is 0 Å². The van der Waals surface area contributed by atoms with Gasteiger partial charge in [0.1, 0.15) is 0 Å². The molecule has 1 atom stereocenters. The van der Waals surface area contributed by atoms with Gasteiger partial charge in [0, 0.05) is 39.6 Å². The summed E-state index contributed by atoms with van der Waals surface area (Å²) in [7, 11) is 6.01. The standard InChI is InChI=1S/C15H26N4.HI/c1-15(2)9-12(15)10-17-14(16-3)19(5)11-13-7-6-8-18(13)4;/h6-8,12H,9-11H2,1-5H3,(H,16,17);1H. The van der Waals surface area contributed by atoms with Gasteiger partial charge in [-0.2, -0.15) is 0 Å². The molecule has 1 fully saturated rings. The Morgan fingerprint density at radius 1 is 1.55 bits per heavy atom. The molecule has 0 saturated heterocycles. The van der Waals surface area contributed by atoms with Crippen LogP contribution in [0.15, 0.2) is 23.3 Å². The number of hydrogen-bond acceptors (Lipinski definition) is 1. The van der Waals surface area contributed by atoms with Gasteiger partial charge in [0.15, 0.2) is 5.96 Å². The van der Waals surface area contributed by atoms with E-state index in [4.69, 9.17) is 0 Å². The summed E-state index contributed by atoms with van der Waals surface area (Å²) in [5, 5.41) is 3.49. The fourth-order valence-corrected chi connectivity index (χ4v) is 2.50. The van der Waals surface area contributed by atoms with Crippen molar-refractivity contribution >= 4 is 29.9 Å².